The molecule has 5 heteroatoms. The number of carbonyl (C=O) groups is 1. The quantitative estimate of drug-likeness (QED) is 0.859. The maximum absolute atomic E-state index is 11.6. The Balaban J connectivity index is 2.60. The standard InChI is InChI=1S/C13H19ClN2O2/c1-4-16(3)13(17)9-18-12-6-5-10(8-15-2)7-11(12)14/h5-7,15H,4,8-9H2,1-3H3. The molecule has 0 aliphatic rings. The Morgan fingerprint density at radius 2 is 2.22 bits per heavy atom. The van der Waals surface area contributed by atoms with Crippen molar-refractivity contribution >= 4 is 17.5 Å². The Kier molecular flexibility index (Phi) is 5.95. The van der Waals surface area contributed by atoms with E-state index in [1.54, 1.807) is 18.0 Å². The fourth-order valence-corrected chi connectivity index (χ4v) is 1.66. The van der Waals surface area contributed by atoms with Crippen molar-refractivity contribution in [1.82, 2.24) is 10.2 Å². The third-order valence-corrected chi connectivity index (χ3v) is 2.92. The van der Waals surface area contributed by atoms with Crippen molar-refractivity contribution in [1.29, 1.82) is 0 Å². The Morgan fingerprint density at radius 1 is 1.50 bits per heavy atom. The van der Waals surface area contributed by atoms with Crippen LogP contribution in [0.4, 0.5) is 0 Å². The van der Waals surface area contributed by atoms with Crippen molar-refractivity contribution in [3.63, 3.8) is 0 Å². The number of benzene rings is 1. The fourth-order valence-electron chi connectivity index (χ4n) is 1.40. The van der Waals surface area contributed by atoms with Gasteiger partial charge in [-0.1, -0.05) is 17.7 Å². The number of likely N-dealkylation sites (N-methyl/N-ethyl adjacent to an activating group) is 1. The number of amides is 1. The van der Waals surface area contributed by atoms with Crippen LogP contribution >= 0.6 is 11.6 Å². The molecule has 0 aliphatic carbocycles. The van der Waals surface area contributed by atoms with E-state index in [9.17, 15) is 4.79 Å². The monoisotopic (exact) mass is 270 g/mol. The summed E-state index contributed by atoms with van der Waals surface area (Å²) < 4.78 is 5.41. The van der Waals surface area contributed by atoms with Crippen LogP contribution in [-0.4, -0.2) is 38.1 Å². The van der Waals surface area contributed by atoms with E-state index in [2.05, 4.69) is 5.32 Å². The lowest BCUT2D eigenvalue weighted by Crippen LogP contribution is -2.31. The van der Waals surface area contributed by atoms with Gasteiger partial charge in [0.2, 0.25) is 0 Å². The Hall–Kier alpha value is -1.26. The molecule has 0 heterocycles. The highest BCUT2D eigenvalue weighted by molar-refractivity contribution is 6.32. The second-order valence-corrected chi connectivity index (χ2v) is 4.40. The summed E-state index contributed by atoms with van der Waals surface area (Å²) >= 11 is 6.08. The Labute approximate surface area is 113 Å². The molecule has 1 amide bonds. The van der Waals surface area contributed by atoms with Crippen LogP contribution in [0, 0.1) is 0 Å². The fraction of sp³-hybridized carbons (Fsp3) is 0.462. The maximum Gasteiger partial charge on any atom is 0.260 e. The molecule has 0 bridgehead atoms. The third kappa shape index (κ3) is 4.20. The zero-order chi connectivity index (χ0) is 13.5. The van der Waals surface area contributed by atoms with Crippen molar-refractivity contribution in [3.05, 3.63) is 28.8 Å². The molecule has 100 valence electrons. The van der Waals surface area contributed by atoms with Crippen molar-refractivity contribution in [3.8, 4) is 5.75 Å². The highest BCUT2D eigenvalue weighted by Crippen LogP contribution is 2.25. The smallest absolute Gasteiger partial charge is 0.260 e. The second kappa shape index (κ2) is 7.24. The molecule has 0 aliphatic heterocycles. The van der Waals surface area contributed by atoms with Crippen LogP contribution < -0.4 is 10.1 Å². The molecule has 0 unspecified atom stereocenters. The molecule has 0 saturated carbocycles. The van der Waals surface area contributed by atoms with Crippen LogP contribution in [0.3, 0.4) is 0 Å². The van der Waals surface area contributed by atoms with Crippen molar-refractivity contribution in [2.45, 2.75) is 13.5 Å². The summed E-state index contributed by atoms with van der Waals surface area (Å²) in [5, 5.41) is 3.57. The van der Waals surface area contributed by atoms with Gasteiger partial charge in [0, 0.05) is 20.1 Å². The number of carbonyl (C=O) groups excluding carboxylic acids is 1. The van der Waals surface area contributed by atoms with E-state index in [-0.39, 0.29) is 12.5 Å². The zero-order valence-electron chi connectivity index (χ0n) is 11.0. The number of ether oxygens (including phenoxy) is 1. The van der Waals surface area contributed by atoms with Crippen LogP contribution in [0.1, 0.15) is 12.5 Å². The van der Waals surface area contributed by atoms with Gasteiger partial charge in [-0.05, 0) is 31.7 Å². The number of nitrogens with one attached hydrogen (secondary N) is 1. The van der Waals surface area contributed by atoms with E-state index in [1.807, 2.05) is 26.1 Å². The van der Waals surface area contributed by atoms with E-state index in [4.69, 9.17) is 16.3 Å². The normalized spacial score (nSPS) is 10.2. The van der Waals surface area contributed by atoms with Crippen molar-refractivity contribution in [2.24, 2.45) is 0 Å². The molecule has 0 spiro atoms. The maximum atomic E-state index is 11.6. The molecule has 0 atom stereocenters. The lowest BCUT2D eigenvalue weighted by atomic mass is 10.2. The number of nitrogens with zero attached hydrogens (tertiary/aromatic N) is 1. The minimum atomic E-state index is -0.0622. The molecule has 18 heavy (non-hydrogen) atoms. The molecule has 4 nitrogen and oxygen atoms in total. The lowest BCUT2D eigenvalue weighted by molar-refractivity contribution is -0.131. The SMILES string of the molecule is CCN(C)C(=O)COc1ccc(CNC)cc1Cl. The average Bonchev–Trinajstić information content (AvgIpc) is 2.36. The molecule has 1 rings (SSSR count). The van der Waals surface area contributed by atoms with E-state index in [0.29, 0.717) is 17.3 Å². The van der Waals surface area contributed by atoms with E-state index < -0.39 is 0 Å². The molecule has 0 aromatic heterocycles. The highest BCUT2D eigenvalue weighted by Gasteiger charge is 2.09. The number of halogens is 1. The van der Waals surface area contributed by atoms with Gasteiger partial charge in [-0.3, -0.25) is 4.79 Å². The average molecular weight is 271 g/mol. The third-order valence-electron chi connectivity index (χ3n) is 2.63. The number of rotatable bonds is 6. The number of hydrogen-bond donors (Lipinski definition) is 1. The van der Waals surface area contributed by atoms with Crippen LogP contribution in [0.25, 0.3) is 0 Å². The minimum absolute atomic E-state index is 0.00936. The van der Waals surface area contributed by atoms with Crippen molar-refractivity contribution in [2.75, 3.05) is 27.2 Å². The van der Waals surface area contributed by atoms with Gasteiger partial charge in [-0.25, -0.2) is 0 Å². The topological polar surface area (TPSA) is 41.6 Å². The van der Waals surface area contributed by atoms with Crippen LogP contribution in [-0.2, 0) is 11.3 Å². The van der Waals surface area contributed by atoms with Gasteiger partial charge in [0.1, 0.15) is 5.75 Å². The highest BCUT2D eigenvalue weighted by atomic mass is 35.5. The van der Waals surface area contributed by atoms with Gasteiger partial charge in [0.25, 0.3) is 5.91 Å². The largest absolute Gasteiger partial charge is 0.482 e. The molecule has 1 aromatic carbocycles. The van der Waals surface area contributed by atoms with E-state index in [0.717, 1.165) is 12.1 Å². The summed E-state index contributed by atoms with van der Waals surface area (Å²) in [7, 11) is 3.61. The summed E-state index contributed by atoms with van der Waals surface area (Å²) in [4.78, 5) is 13.2. The second-order valence-electron chi connectivity index (χ2n) is 3.99. The van der Waals surface area contributed by atoms with Crippen LogP contribution in [0.5, 0.6) is 5.75 Å². The zero-order valence-corrected chi connectivity index (χ0v) is 11.8. The predicted molar refractivity (Wildman–Crippen MR) is 73.0 cm³/mol. The van der Waals surface area contributed by atoms with Gasteiger partial charge in [0.15, 0.2) is 6.61 Å². The first-order valence-electron chi connectivity index (χ1n) is 5.88. The molecule has 1 N–H and O–H groups in total. The Bertz CT molecular complexity index is 410. The predicted octanol–water partition coefficient (Wildman–Crippen LogP) is 1.92. The summed E-state index contributed by atoms with van der Waals surface area (Å²) in [6.45, 7) is 3.33. The molecule has 0 saturated heterocycles. The lowest BCUT2D eigenvalue weighted by Gasteiger charge is -2.15. The van der Waals surface area contributed by atoms with Crippen LogP contribution in [0.15, 0.2) is 18.2 Å². The van der Waals surface area contributed by atoms with Gasteiger partial charge in [-0.2, -0.15) is 0 Å². The minimum Gasteiger partial charge on any atom is -0.482 e. The van der Waals surface area contributed by atoms with Crippen LogP contribution in [0.2, 0.25) is 5.02 Å². The summed E-state index contributed by atoms with van der Waals surface area (Å²) in [6.07, 6.45) is 0. The van der Waals surface area contributed by atoms with E-state index >= 15 is 0 Å². The summed E-state index contributed by atoms with van der Waals surface area (Å²) in [6, 6.07) is 5.54. The van der Waals surface area contributed by atoms with Gasteiger partial charge in [-0.15, -0.1) is 0 Å². The first-order valence-corrected chi connectivity index (χ1v) is 6.26. The first-order chi connectivity index (χ1) is 8.58. The molecular formula is C13H19ClN2O2. The first kappa shape index (κ1) is 14.8. The van der Waals surface area contributed by atoms with Gasteiger partial charge in [0.05, 0.1) is 5.02 Å². The van der Waals surface area contributed by atoms with Gasteiger partial charge < -0.3 is 15.0 Å². The molecule has 0 fully saturated rings. The van der Waals surface area contributed by atoms with Gasteiger partial charge >= 0.3 is 0 Å². The molecule has 0 radical (unpaired) electrons. The molecule has 1 aromatic rings. The van der Waals surface area contributed by atoms with E-state index in [1.165, 1.54) is 0 Å². The summed E-state index contributed by atoms with van der Waals surface area (Å²) in [5.41, 5.74) is 1.08. The number of hydrogen-bond acceptors (Lipinski definition) is 3. The summed E-state index contributed by atoms with van der Waals surface area (Å²) in [5.74, 6) is 0.474. The van der Waals surface area contributed by atoms with Crippen molar-refractivity contribution < 1.29 is 9.53 Å². The molecular weight excluding hydrogens is 252 g/mol. The Morgan fingerprint density at radius 3 is 2.78 bits per heavy atom.